The summed E-state index contributed by atoms with van der Waals surface area (Å²) in [6.45, 7) is 5.44. The molecule has 2 aliphatic heterocycles. The number of hydrogen-bond donors (Lipinski definition) is 3. The molecule has 11 heavy (non-hydrogen) atoms. The van der Waals surface area contributed by atoms with Crippen LogP contribution in [0.5, 0.6) is 0 Å². The molecule has 2 saturated heterocycles. The lowest BCUT2D eigenvalue weighted by molar-refractivity contribution is -0.125. The third kappa shape index (κ3) is 0.862. The standard InChI is InChI=1S/C7H13N3O/c1-6(2)9-5(11)7(10-6)3-8-4-7/h8,10H,3-4H2,1-2H3,(H,9,11). The van der Waals surface area contributed by atoms with Gasteiger partial charge in [-0.25, -0.2) is 0 Å². The van der Waals surface area contributed by atoms with Gasteiger partial charge >= 0.3 is 0 Å². The van der Waals surface area contributed by atoms with Gasteiger partial charge in [0.05, 0.1) is 5.66 Å². The number of carbonyl (C=O) groups excluding carboxylic acids is 1. The average molecular weight is 155 g/mol. The number of carbonyl (C=O) groups is 1. The van der Waals surface area contributed by atoms with Gasteiger partial charge in [-0.05, 0) is 13.8 Å². The highest BCUT2D eigenvalue weighted by Crippen LogP contribution is 2.21. The first-order chi connectivity index (χ1) is 5.04. The van der Waals surface area contributed by atoms with Crippen LogP contribution in [0.2, 0.25) is 0 Å². The largest absolute Gasteiger partial charge is 0.337 e. The molecule has 0 atom stereocenters. The summed E-state index contributed by atoms with van der Waals surface area (Å²) in [6.07, 6.45) is 0. The second kappa shape index (κ2) is 1.76. The maximum atomic E-state index is 11.4. The molecule has 0 aromatic rings. The van der Waals surface area contributed by atoms with Crippen molar-refractivity contribution in [2.45, 2.75) is 25.0 Å². The zero-order valence-electron chi connectivity index (χ0n) is 6.82. The Morgan fingerprint density at radius 1 is 1.36 bits per heavy atom. The zero-order chi connectivity index (χ0) is 8.11. The van der Waals surface area contributed by atoms with E-state index in [4.69, 9.17) is 0 Å². The predicted octanol–water partition coefficient (Wildman–Crippen LogP) is -1.22. The van der Waals surface area contributed by atoms with Crippen LogP contribution in [0.3, 0.4) is 0 Å². The van der Waals surface area contributed by atoms with Crippen molar-refractivity contribution >= 4 is 5.91 Å². The van der Waals surface area contributed by atoms with E-state index in [-0.39, 0.29) is 17.1 Å². The molecule has 0 aliphatic carbocycles. The Morgan fingerprint density at radius 2 is 2.00 bits per heavy atom. The summed E-state index contributed by atoms with van der Waals surface area (Å²) in [6, 6.07) is 0. The maximum absolute atomic E-state index is 11.4. The van der Waals surface area contributed by atoms with Crippen molar-refractivity contribution in [1.29, 1.82) is 0 Å². The summed E-state index contributed by atoms with van der Waals surface area (Å²) < 4.78 is 0. The molecule has 0 radical (unpaired) electrons. The van der Waals surface area contributed by atoms with E-state index in [2.05, 4.69) is 16.0 Å². The molecule has 2 aliphatic rings. The Balaban J connectivity index is 2.20. The molecular formula is C7H13N3O. The van der Waals surface area contributed by atoms with Crippen LogP contribution in [0.4, 0.5) is 0 Å². The molecule has 4 heteroatoms. The van der Waals surface area contributed by atoms with E-state index in [1.54, 1.807) is 0 Å². The Hall–Kier alpha value is -0.610. The van der Waals surface area contributed by atoms with Crippen molar-refractivity contribution in [2.75, 3.05) is 13.1 Å². The highest BCUT2D eigenvalue weighted by Gasteiger charge is 2.53. The van der Waals surface area contributed by atoms with Crippen molar-refractivity contribution in [3.8, 4) is 0 Å². The van der Waals surface area contributed by atoms with Gasteiger partial charge in [-0.2, -0.15) is 0 Å². The van der Waals surface area contributed by atoms with Crippen LogP contribution < -0.4 is 16.0 Å². The third-order valence-electron chi connectivity index (χ3n) is 2.27. The highest BCUT2D eigenvalue weighted by molar-refractivity contribution is 5.91. The van der Waals surface area contributed by atoms with Crippen LogP contribution in [0.15, 0.2) is 0 Å². The van der Waals surface area contributed by atoms with Crippen LogP contribution in [-0.4, -0.2) is 30.2 Å². The molecule has 0 aromatic heterocycles. The van der Waals surface area contributed by atoms with E-state index in [1.165, 1.54) is 0 Å². The van der Waals surface area contributed by atoms with Gasteiger partial charge in [0.25, 0.3) is 0 Å². The van der Waals surface area contributed by atoms with E-state index >= 15 is 0 Å². The summed E-state index contributed by atoms with van der Waals surface area (Å²) in [5.74, 6) is 0.126. The van der Waals surface area contributed by atoms with Crippen molar-refractivity contribution in [2.24, 2.45) is 0 Å². The molecule has 2 heterocycles. The molecule has 1 amide bonds. The number of rotatable bonds is 0. The summed E-state index contributed by atoms with van der Waals surface area (Å²) in [5, 5.41) is 9.25. The van der Waals surface area contributed by atoms with Crippen LogP contribution >= 0.6 is 0 Å². The minimum Gasteiger partial charge on any atom is -0.337 e. The summed E-state index contributed by atoms with van der Waals surface area (Å²) in [4.78, 5) is 11.4. The van der Waals surface area contributed by atoms with Gasteiger partial charge in [0.2, 0.25) is 5.91 Å². The van der Waals surface area contributed by atoms with Crippen molar-refractivity contribution in [3.63, 3.8) is 0 Å². The normalized spacial score (nSPS) is 31.6. The third-order valence-corrected chi connectivity index (χ3v) is 2.27. The SMILES string of the molecule is CC1(C)NC(=O)C2(CNC2)N1. The van der Waals surface area contributed by atoms with Gasteiger partial charge in [-0.1, -0.05) is 0 Å². The molecule has 3 N–H and O–H groups in total. The first-order valence-corrected chi connectivity index (χ1v) is 3.87. The fraction of sp³-hybridized carbons (Fsp3) is 0.857. The summed E-state index contributed by atoms with van der Waals surface area (Å²) in [5.41, 5.74) is -0.539. The van der Waals surface area contributed by atoms with Crippen LogP contribution in [0, 0.1) is 0 Å². The van der Waals surface area contributed by atoms with Gasteiger partial charge in [0, 0.05) is 13.1 Å². The molecule has 0 bridgehead atoms. The van der Waals surface area contributed by atoms with E-state index in [9.17, 15) is 4.79 Å². The minimum absolute atomic E-state index is 0.126. The minimum atomic E-state index is -0.302. The lowest BCUT2D eigenvalue weighted by atomic mass is 9.93. The number of nitrogens with one attached hydrogen (secondary N) is 3. The van der Waals surface area contributed by atoms with Crippen LogP contribution in [0.25, 0.3) is 0 Å². The topological polar surface area (TPSA) is 53.2 Å². The second-order valence-corrected chi connectivity index (χ2v) is 3.89. The molecule has 0 unspecified atom stereocenters. The quantitative estimate of drug-likeness (QED) is 0.411. The van der Waals surface area contributed by atoms with E-state index in [0.29, 0.717) is 0 Å². The van der Waals surface area contributed by atoms with Crippen molar-refractivity contribution < 1.29 is 4.79 Å². The fourth-order valence-electron chi connectivity index (χ4n) is 1.71. The first kappa shape index (κ1) is 7.06. The molecule has 0 aromatic carbocycles. The molecule has 2 fully saturated rings. The van der Waals surface area contributed by atoms with Gasteiger partial charge < -0.3 is 10.6 Å². The molecule has 62 valence electrons. The van der Waals surface area contributed by atoms with E-state index < -0.39 is 0 Å². The van der Waals surface area contributed by atoms with E-state index in [0.717, 1.165) is 13.1 Å². The number of hydrogen-bond acceptors (Lipinski definition) is 3. The molecule has 1 spiro atoms. The van der Waals surface area contributed by atoms with Crippen molar-refractivity contribution in [3.05, 3.63) is 0 Å². The van der Waals surface area contributed by atoms with E-state index in [1.807, 2.05) is 13.8 Å². The Kier molecular flexibility index (Phi) is 1.13. The Bertz CT molecular complexity index is 208. The van der Waals surface area contributed by atoms with Gasteiger partial charge in [-0.15, -0.1) is 0 Å². The summed E-state index contributed by atoms with van der Waals surface area (Å²) >= 11 is 0. The fourth-order valence-corrected chi connectivity index (χ4v) is 1.71. The van der Waals surface area contributed by atoms with Gasteiger partial charge in [0.15, 0.2) is 0 Å². The molecule has 4 nitrogen and oxygen atoms in total. The second-order valence-electron chi connectivity index (χ2n) is 3.89. The molecule has 2 rings (SSSR count). The van der Waals surface area contributed by atoms with Crippen molar-refractivity contribution in [1.82, 2.24) is 16.0 Å². The highest BCUT2D eigenvalue weighted by atomic mass is 16.2. The maximum Gasteiger partial charge on any atom is 0.244 e. The first-order valence-electron chi connectivity index (χ1n) is 3.87. The monoisotopic (exact) mass is 155 g/mol. The van der Waals surface area contributed by atoms with Crippen LogP contribution in [-0.2, 0) is 4.79 Å². The molecular weight excluding hydrogens is 142 g/mol. The van der Waals surface area contributed by atoms with Gasteiger partial charge in [0.1, 0.15) is 5.54 Å². The average Bonchev–Trinajstić information content (AvgIpc) is 1.99. The lowest BCUT2D eigenvalue weighted by Crippen LogP contribution is -2.70. The Morgan fingerprint density at radius 3 is 2.18 bits per heavy atom. The van der Waals surface area contributed by atoms with Crippen LogP contribution in [0.1, 0.15) is 13.8 Å². The van der Waals surface area contributed by atoms with Gasteiger partial charge in [-0.3, -0.25) is 10.1 Å². The zero-order valence-corrected chi connectivity index (χ0v) is 6.82. The Labute approximate surface area is 65.7 Å². The molecule has 0 saturated carbocycles. The number of amides is 1. The summed E-state index contributed by atoms with van der Waals surface area (Å²) in [7, 11) is 0. The predicted molar refractivity (Wildman–Crippen MR) is 41.0 cm³/mol. The smallest absolute Gasteiger partial charge is 0.244 e. The lowest BCUT2D eigenvalue weighted by Gasteiger charge is -2.37.